The van der Waals surface area contributed by atoms with Crippen molar-refractivity contribution in [1.29, 1.82) is 0 Å². The number of ether oxygens (including phenoxy) is 3. The van der Waals surface area contributed by atoms with Gasteiger partial charge in [-0.05, 0) is 42.8 Å². The highest BCUT2D eigenvalue weighted by Gasteiger charge is 2.22. The summed E-state index contributed by atoms with van der Waals surface area (Å²) in [5, 5.41) is 3.56. The van der Waals surface area contributed by atoms with Crippen LogP contribution in [0, 0.1) is 5.82 Å². The molecule has 0 saturated carbocycles. The van der Waals surface area contributed by atoms with E-state index in [1.165, 1.54) is 19.4 Å². The molecular weight excluding hydrogens is 537 g/mol. The Bertz CT molecular complexity index is 1530. The van der Waals surface area contributed by atoms with Crippen LogP contribution in [0.5, 0.6) is 0 Å². The lowest BCUT2D eigenvalue weighted by atomic mass is 10.1. The minimum Gasteiger partial charge on any atom is -0.474 e. The van der Waals surface area contributed by atoms with Crippen LogP contribution in [0.3, 0.4) is 0 Å². The maximum atomic E-state index is 14.1. The Hall–Kier alpha value is -4.15. The van der Waals surface area contributed by atoms with E-state index in [4.69, 9.17) is 36.5 Å². The number of benzene rings is 2. The summed E-state index contributed by atoms with van der Waals surface area (Å²) in [6.07, 6.45) is 9.71. The maximum Gasteiger partial charge on any atom is 0.337 e. The number of fused-ring (bicyclic) bond motifs is 1. The highest BCUT2D eigenvalue weighted by atomic mass is 35.5. The van der Waals surface area contributed by atoms with Crippen LogP contribution in [-0.4, -0.2) is 47.6 Å². The maximum absolute atomic E-state index is 14.1. The summed E-state index contributed by atoms with van der Waals surface area (Å²) in [5.74, 6) is 0.372. The molecular formula is C29H29ClFN5O4. The van der Waals surface area contributed by atoms with Crippen molar-refractivity contribution in [3.05, 3.63) is 100 Å². The zero-order valence-corrected chi connectivity index (χ0v) is 22.6. The van der Waals surface area contributed by atoms with E-state index in [-0.39, 0.29) is 25.3 Å². The monoisotopic (exact) mass is 565 g/mol. The van der Waals surface area contributed by atoms with Crippen molar-refractivity contribution in [2.24, 2.45) is 10.7 Å². The van der Waals surface area contributed by atoms with Crippen molar-refractivity contribution < 1.29 is 23.4 Å². The Morgan fingerprint density at radius 2 is 2.20 bits per heavy atom. The Labute approximate surface area is 235 Å². The third-order valence-electron chi connectivity index (χ3n) is 6.70. The lowest BCUT2D eigenvalue weighted by molar-refractivity contribution is -0.0590. The molecule has 2 atom stereocenters. The molecule has 0 bridgehead atoms. The largest absolute Gasteiger partial charge is 0.474 e. The van der Waals surface area contributed by atoms with Gasteiger partial charge in [0.05, 0.1) is 48.9 Å². The average Bonchev–Trinajstić information content (AvgIpc) is 3.28. The quantitative estimate of drug-likeness (QED) is 0.277. The molecule has 0 aliphatic carbocycles. The lowest BCUT2D eigenvalue weighted by Gasteiger charge is -2.27. The molecule has 208 valence electrons. The molecule has 5 rings (SSSR count). The summed E-state index contributed by atoms with van der Waals surface area (Å²) in [6.45, 7) is 1.67. The summed E-state index contributed by atoms with van der Waals surface area (Å²) >= 11 is 5.83. The fraction of sp³-hybridized carbons (Fsp3) is 0.276. The number of halogens is 2. The number of nitrogens with zero attached hydrogens (tertiary/aromatic N) is 3. The van der Waals surface area contributed by atoms with E-state index in [1.807, 2.05) is 16.7 Å². The predicted octanol–water partition coefficient (Wildman–Crippen LogP) is 4.40. The molecule has 3 aromatic rings. The van der Waals surface area contributed by atoms with Gasteiger partial charge in [-0.25, -0.2) is 14.2 Å². The van der Waals surface area contributed by atoms with E-state index < -0.39 is 11.8 Å². The van der Waals surface area contributed by atoms with E-state index in [1.54, 1.807) is 42.6 Å². The van der Waals surface area contributed by atoms with E-state index in [2.05, 4.69) is 10.3 Å². The number of esters is 1. The number of aliphatic imine (C=N–C) groups is 1. The molecule has 3 N–H and O–H groups in total. The molecule has 1 aromatic heterocycles. The number of nitrogens with two attached hydrogens (primary N) is 1. The molecule has 1 fully saturated rings. The molecule has 11 heteroatoms. The predicted molar refractivity (Wildman–Crippen MR) is 150 cm³/mol. The van der Waals surface area contributed by atoms with Crippen LogP contribution in [0.4, 0.5) is 4.39 Å². The summed E-state index contributed by atoms with van der Waals surface area (Å²) in [5.41, 5.74) is 9.07. The van der Waals surface area contributed by atoms with Crippen molar-refractivity contribution in [1.82, 2.24) is 14.9 Å². The fourth-order valence-electron chi connectivity index (χ4n) is 4.42. The number of methoxy groups -OCH3 is 1. The van der Waals surface area contributed by atoms with Gasteiger partial charge in [0.15, 0.2) is 5.88 Å². The number of allylic oxidation sites excluding steroid dienone is 2. The lowest BCUT2D eigenvalue weighted by Crippen LogP contribution is -2.32. The van der Waals surface area contributed by atoms with Gasteiger partial charge in [0.25, 0.3) is 0 Å². The van der Waals surface area contributed by atoms with E-state index in [0.717, 1.165) is 29.9 Å². The Morgan fingerprint density at radius 1 is 1.35 bits per heavy atom. The standard InChI is InChI=1S/C29H29ClFN5O4/c1-38-29(37)18-6-8-25-26(11-18)36(16-22-9-10-39-22)27(34-25)15-33-14-20(13-32)24-3-2-4-28(35-24)40-17-19-5-7-21(30)12-23(19)31/h2-8,11-14,22,24,35H,9-10,15-17,32H2,1H3. The second kappa shape index (κ2) is 12.4. The SMILES string of the molecule is COC(=O)c1ccc2nc(CN=CC(=CN)C3C=CC=C(OCc4ccc(Cl)cc4F)N3)n(CC3CCO3)c2c1. The molecule has 1 saturated heterocycles. The first-order valence-electron chi connectivity index (χ1n) is 12.8. The van der Waals surface area contributed by atoms with Crippen LogP contribution in [0.25, 0.3) is 11.0 Å². The van der Waals surface area contributed by atoms with Gasteiger partial charge in [0, 0.05) is 35.2 Å². The molecule has 2 unspecified atom stereocenters. The number of aromatic nitrogens is 2. The smallest absolute Gasteiger partial charge is 0.337 e. The molecule has 2 aliphatic heterocycles. The molecule has 0 radical (unpaired) electrons. The molecule has 0 amide bonds. The van der Waals surface area contributed by atoms with Crippen molar-refractivity contribution in [2.75, 3.05) is 13.7 Å². The first-order chi connectivity index (χ1) is 19.4. The van der Waals surface area contributed by atoms with Gasteiger partial charge in [-0.1, -0.05) is 29.8 Å². The second-order valence-electron chi connectivity index (χ2n) is 9.31. The van der Waals surface area contributed by atoms with Crippen LogP contribution in [0.15, 0.2) is 77.3 Å². The summed E-state index contributed by atoms with van der Waals surface area (Å²) < 4.78 is 32.5. The van der Waals surface area contributed by atoms with Crippen LogP contribution >= 0.6 is 11.6 Å². The van der Waals surface area contributed by atoms with Crippen LogP contribution < -0.4 is 11.1 Å². The number of rotatable bonds is 10. The number of carbonyl (C=O) groups excluding carboxylic acids is 1. The molecule has 40 heavy (non-hydrogen) atoms. The number of carbonyl (C=O) groups is 1. The van der Waals surface area contributed by atoms with Crippen molar-refractivity contribution in [2.45, 2.75) is 38.3 Å². The van der Waals surface area contributed by atoms with Crippen molar-refractivity contribution >= 4 is 34.8 Å². The van der Waals surface area contributed by atoms with Gasteiger partial charge >= 0.3 is 5.97 Å². The van der Waals surface area contributed by atoms with E-state index in [9.17, 15) is 9.18 Å². The summed E-state index contributed by atoms with van der Waals surface area (Å²) in [6, 6.07) is 9.45. The molecule has 0 spiro atoms. The molecule has 2 aliphatic rings. The van der Waals surface area contributed by atoms with E-state index >= 15 is 0 Å². The first-order valence-corrected chi connectivity index (χ1v) is 13.2. The van der Waals surface area contributed by atoms with Gasteiger partial charge in [-0.2, -0.15) is 0 Å². The van der Waals surface area contributed by atoms with Gasteiger partial charge in [0.1, 0.15) is 18.2 Å². The number of dihydropyridines is 1. The average molecular weight is 566 g/mol. The third-order valence-corrected chi connectivity index (χ3v) is 6.93. The van der Waals surface area contributed by atoms with Gasteiger partial charge < -0.3 is 29.8 Å². The van der Waals surface area contributed by atoms with Crippen molar-refractivity contribution in [3.8, 4) is 0 Å². The van der Waals surface area contributed by atoms with Crippen LogP contribution in [-0.2, 0) is 33.9 Å². The van der Waals surface area contributed by atoms with Crippen LogP contribution in [0.1, 0.15) is 28.2 Å². The van der Waals surface area contributed by atoms with Gasteiger partial charge in [-0.3, -0.25) is 4.99 Å². The number of hydrogen-bond acceptors (Lipinski definition) is 8. The van der Waals surface area contributed by atoms with Gasteiger partial charge in [-0.15, -0.1) is 0 Å². The zero-order chi connectivity index (χ0) is 28.1. The number of nitrogens with one attached hydrogen (secondary N) is 1. The fourth-order valence-corrected chi connectivity index (χ4v) is 4.57. The Kier molecular flexibility index (Phi) is 8.47. The topological polar surface area (TPSA) is 113 Å². The zero-order valence-electron chi connectivity index (χ0n) is 21.8. The molecule has 9 nitrogen and oxygen atoms in total. The molecule has 2 aromatic carbocycles. The van der Waals surface area contributed by atoms with Gasteiger partial charge in [0.2, 0.25) is 0 Å². The minimum atomic E-state index is -0.429. The Balaban J connectivity index is 1.27. The summed E-state index contributed by atoms with van der Waals surface area (Å²) in [4.78, 5) is 21.5. The summed E-state index contributed by atoms with van der Waals surface area (Å²) in [7, 11) is 1.36. The second-order valence-corrected chi connectivity index (χ2v) is 9.75. The van der Waals surface area contributed by atoms with Crippen molar-refractivity contribution in [3.63, 3.8) is 0 Å². The number of imidazole rings is 1. The highest BCUT2D eigenvalue weighted by molar-refractivity contribution is 6.30. The third kappa shape index (κ3) is 6.19. The van der Waals surface area contributed by atoms with E-state index in [0.29, 0.717) is 34.2 Å². The highest BCUT2D eigenvalue weighted by Crippen LogP contribution is 2.23. The first kappa shape index (κ1) is 27.4. The number of hydrogen-bond donors (Lipinski definition) is 2. The normalized spacial score (nSPS) is 18.9. The Morgan fingerprint density at radius 3 is 2.92 bits per heavy atom. The minimum absolute atomic E-state index is 0.0385. The molecule has 3 heterocycles. The van der Waals surface area contributed by atoms with Crippen LogP contribution in [0.2, 0.25) is 5.02 Å².